The Morgan fingerprint density at radius 3 is 2.36 bits per heavy atom. The Labute approximate surface area is 89.7 Å². The highest BCUT2D eigenvalue weighted by atomic mass is 79.9. The van der Waals surface area contributed by atoms with Crippen LogP contribution in [0.3, 0.4) is 0 Å². The van der Waals surface area contributed by atoms with Crippen molar-refractivity contribution in [2.24, 2.45) is 16.5 Å². The molecule has 0 aliphatic carbocycles. The summed E-state index contributed by atoms with van der Waals surface area (Å²) in [5, 5.41) is 0. The fraction of sp³-hybridized carbons (Fsp3) is 0. The lowest BCUT2D eigenvalue weighted by molar-refractivity contribution is 0.245. The van der Waals surface area contributed by atoms with Crippen LogP contribution in [0, 0.1) is 0 Å². The number of amides is 2. The summed E-state index contributed by atoms with van der Waals surface area (Å²) < 4.78 is 0.889. The monoisotopic (exact) mass is 256 g/mol. The number of guanidine groups is 1. The molecule has 2 amide bonds. The van der Waals surface area contributed by atoms with Crippen LogP contribution < -0.4 is 11.5 Å². The largest absolute Gasteiger partial charge is 0.368 e. The third-order valence-corrected chi connectivity index (χ3v) is 2.11. The highest BCUT2D eigenvalue weighted by molar-refractivity contribution is 9.08. The molecule has 0 bridgehead atoms. The molecule has 0 aromatic heterocycles. The molecule has 6 heteroatoms. The van der Waals surface area contributed by atoms with E-state index in [9.17, 15) is 4.79 Å². The number of benzene rings is 1. The van der Waals surface area contributed by atoms with Crippen molar-refractivity contribution in [3.05, 3.63) is 30.3 Å². The van der Waals surface area contributed by atoms with E-state index in [-0.39, 0.29) is 5.96 Å². The van der Waals surface area contributed by atoms with Crippen molar-refractivity contribution < 1.29 is 4.79 Å². The summed E-state index contributed by atoms with van der Waals surface area (Å²) in [7, 11) is 0. The Hall–Kier alpha value is -1.56. The van der Waals surface area contributed by atoms with Gasteiger partial charge in [0.15, 0.2) is 0 Å². The molecule has 4 N–H and O–H groups in total. The first-order chi connectivity index (χ1) is 6.61. The molecule has 1 aromatic carbocycles. The van der Waals surface area contributed by atoms with Crippen LogP contribution in [-0.2, 0) is 0 Å². The van der Waals surface area contributed by atoms with Crippen molar-refractivity contribution >= 4 is 33.8 Å². The summed E-state index contributed by atoms with van der Waals surface area (Å²) in [6.07, 6.45) is 0. The number of halogens is 1. The van der Waals surface area contributed by atoms with E-state index in [1.807, 2.05) is 18.2 Å². The van der Waals surface area contributed by atoms with Gasteiger partial charge in [-0.15, -0.1) is 0 Å². The smallest absolute Gasteiger partial charge is 0.331 e. The molecule has 5 nitrogen and oxygen atoms in total. The second-order valence-corrected chi connectivity index (χ2v) is 3.13. The molecule has 0 unspecified atom stereocenters. The molecule has 1 aromatic rings. The zero-order valence-corrected chi connectivity index (χ0v) is 8.81. The van der Waals surface area contributed by atoms with Crippen molar-refractivity contribution in [3.63, 3.8) is 0 Å². The molecule has 1 rings (SSSR count). The second-order valence-electron chi connectivity index (χ2n) is 2.42. The minimum atomic E-state index is -0.720. The number of primary amides is 1. The minimum absolute atomic E-state index is 0.0105. The summed E-state index contributed by atoms with van der Waals surface area (Å²) in [5.41, 5.74) is 11.1. The lowest BCUT2D eigenvalue weighted by Crippen LogP contribution is -2.37. The first-order valence-electron chi connectivity index (χ1n) is 3.76. The van der Waals surface area contributed by atoms with Gasteiger partial charge in [0.25, 0.3) is 0 Å². The van der Waals surface area contributed by atoms with Crippen LogP contribution in [-0.4, -0.2) is 15.9 Å². The van der Waals surface area contributed by atoms with E-state index in [1.54, 1.807) is 12.1 Å². The molecule has 0 saturated heterocycles. The van der Waals surface area contributed by atoms with Crippen LogP contribution in [0.25, 0.3) is 0 Å². The van der Waals surface area contributed by atoms with Crippen LogP contribution in [0.1, 0.15) is 0 Å². The van der Waals surface area contributed by atoms with E-state index in [4.69, 9.17) is 11.5 Å². The average molecular weight is 257 g/mol. The highest BCUT2D eigenvalue weighted by Gasteiger charge is 2.09. The van der Waals surface area contributed by atoms with Gasteiger partial charge >= 0.3 is 6.03 Å². The number of nitrogens with zero attached hydrogens (tertiary/aromatic N) is 2. The standard InChI is InChI=1S/C8H9BrN4O/c9-13(8(11)14)7(10)12-6-4-2-1-3-5-6/h1-5H,(H2,10,12)(H2,11,14). The van der Waals surface area contributed by atoms with Gasteiger partial charge in [-0.05, 0) is 12.1 Å². The first kappa shape index (κ1) is 10.5. The zero-order chi connectivity index (χ0) is 10.6. The van der Waals surface area contributed by atoms with E-state index < -0.39 is 6.03 Å². The second kappa shape index (κ2) is 4.61. The van der Waals surface area contributed by atoms with Gasteiger partial charge in [0.05, 0.1) is 21.8 Å². The molecule has 0 heterocycles. The van der Waals surface area contributed by atoms with Gasteiger partial charge in [0, 0.05) is 0 Å². The number of carbonyl (C=O) groups is 1. The number of rotatable bonds is 1. The number of aliphatic imine (C=N–C) groups is 1. The van der Waals surface area contributed by atoms with E-state index >= 15 is 0 Å². The number of para-hydroxylation sites is 1. The Morgan fingerprint density at radius 2 is 1.86 bits per heavy atom. The van der Waals surface area contributed by atoms with Gasteiger partial charge in [0.2, 0.25) is 5.96 Å². The van der Waals surface area contributed by atoms with Gasteiger partial charge in [0.1, 0.15) is 0 Å². The number of carbonyl (C=O) groups excluding carboxylic acids is 1. The van der Waals surface area contributed by atoms with Gasteiger partial charge in [-0.2, -0.15) is 3.93 Å². The number of hydrogen-bond donors (Lipinski definition) is 2. The number of nitrogens with two attached hydrogens (primary N) is 2. The van der Waals surface area contributed by atoms with Crippen LogP contribution in [0.5, 0.6) is 0 Å². The molecule has 0 fully saturated rings. The highest BCUT2D eigenvalue weighted by Crippen LogP contribution is 2.10. The summed E-state index contributed by atoms with van der Waals surface area (Å²) in [6, 6.07) is 8.28. The molecule has 0 radical (unpaired) electrons. The van der Waals surface area contributed by atoms with Crippen LogP contribution in [0.4, 0.5) is 10.5 Å². The van der Waals surface area contributed by atoms with E-state index in [1.165, 1.54) is 0 Å². The summed E-state index contributed by atoms with van der Waals surface area (Å²) in [5.74, 6) is -0.0105. The van der Waals surface area contributed by atoms with Gasteiger partial charge in [-0.3, -0.25) is 0 Å². The molecule has 0 saturated carbocycles. The van der Waals surface area contributed by atoms with E-state index in [0.717, 1.165) is 3.93 Å². The average Bonchev–Trinajstić information content (AvgIpc) is 2.18. The maximum absolute atomic E-state index is 10.7. The molecule has 0 aliphatic rings. The molecular formula is C8H9BrN4O. The number of hydrogen-bond acceptors (Lipinski definition) is 2. The Morgan fingerprint density at radius 1 is 1.29 bits per heavy atom. The third kappa shape index (κ3) is 2.74. The van der Waals surface area contributed by atoms with E-state index in [2.05, 4.69) is 21.1 Å². The minimum Gasteiger partial charge on any atom is -0.368 e. The summed E-state index contributed by atoms with van der Waals surface area (Å²) in [6.45, 7) is 0. The Bertz CT molecular complexity index is 352. The fourth-order valence-electron chi connectivity index (χ4n) is 0.792. The summed E-state index contributed by atoms with van der Waals surface area (Å²) >= 11 is 2.87. The van der Waals surface area contributed by atoms with Gasteiger partial charge < -0.3 is 11.5 Å². The molecule has 74 valence electrons. The maximum atomic E-state index is 10.7. The molecule has 0 aliphatic heterocycles. The fourth-order valence-corrected chi connectivity index (χ4v) is 0.871. The molecular weight excluding hydrogens is 248 g/mol. The van der Waals surface area contributed by atoms with Crippen molar-refractivity contribution in [1.29, 1.82) is 0 Å². The quantitative estimate of drug-likeness (QED) is 0.451. The zero-order valence-electron chi connectivity index (χ0n) is 7.22. The van der Waals surface area contributed by atoms with Crippen LogP contribution >= 0.6 is 16.1 Å². The Kier molecular flexibility index (Phi) is 3.47. The van der Waals surface area contributed by atoms with Crippen molar-refractivity contribution in [2.75, 3.05) is 0 Å². The van der Waals surface area contributed by atoms with Crippen molar-refractivity contribution in [1.82, 2.24) is 3.93 Å². The topological polar surface area (TPSA) is 84.7 Å². The van der Waals surface area contributed by atoms with Crippen LogP contribution in [0.15, 0.2) is 35.3 Å². The molecule has 0 spiro atoms. The predicted molar refractivity (Wildman–Crippen MR) is 58.1 cm³/mol. The SMILES string of the molecule is NC(=O)N(Br)C(N)=Nc1ccccc1. The predicted octanol–water partition coefficient (Wildman–Crippen LogP) is 1.32. The number of urea groups is 1. The van der Waals surface area contributed by atoms with Gasteiger partial charge in [-0.1, -0.05) is 18.2 Å². The molecule has 0 atom stereocenters. The normalized spacial score (nSPS) is 11.1. The molecule has 14 heavy (non-hydrogen) atoms. The maximum Gasteiger partial charge on any atom is 0.331 e. The van der Waals surface area contributed by atoms with Crippen molar-refractivity contribution in [3.8, 4) is 0 Å². The third-order valence-electron chi connectivity index (χ3n) is 1.39. The first-order valence-corrected chi connectivity index (χ1v) is 4.46. The lowest BCUT2D eigenvalue weighted by Gasteiger charge is -2.09. The lowest BCUT2D eigenvalue weighted by atomic mass is 10.3. The van der Waals surface area contributed by atoms with E-state index in [0.29, 0.717) is 5.69 Å². The van der Waals surface area contributed by atoms with Crippen molar-refractivity contribution in [2.45, 2.75) is 0 Å². The van der Waals surface area contributed by atoms with Gasteiger partial charge in [-0.25, -0.2) is 9.79 Å². The Balaban J connectivity index is 2.84. The summed E-state index contributed by atoms with van der Waals surface area (Å²) in [4.78, 5) is 14.6. The van der Waals surface area contributed by atoms with Crippen LogP contribution in [0.2, 0.25) is 0 Å².